The van der Waals surface area contributed by atoms with Gasteiger partial charge in [0.2, 0.25) is 5.91 Å². The van der Waals surface area contributed by atoms with Crippen LogP contribution in [0, 0.1) is 11.8 Å². The average Bonchev–Trinajstić information content (AvgIpc) is 2.36. The van der Waals surface area contributed by atoms with Gasteiger partial charge in [0.05, 0.1) is 6.54 Å². The Morgan fingerprint density at radius 2 is 1.95 bits per heavy atom. The van der Waals surface area contributed by atoms with Crippen LogP contribution in [-0.4, -0.2) is 30.4 Å². The van der Waals surface area contributed by atoms with E-state index >= 15 is 0 Å². The number of hydrogen-bond acceptors (Lipinski definition) is 2. The van der Waals surface area contributed by atoms with Crippen molar-refractivity contribution in [2.24, 2.45) is 11.8 Å². The standard InChI is InChI=1S/C16H23ClN2O/c1-12-7-13(2)10-19(9-12)11-16(20)18-8-14-5-3-4-6-15(14)17/h3-6,12-13H,7-11H2,1-2H3,(H,18,20). The minimum atomic E-state index is 0.0752. The van der Waals surface area contributed by atoms with Crippen LogP contribution in [0.4, 0.5) is 0 Å². The third-order valence-corrected chi connectivity index (χ3v) is 4.11. The Kier molecular flexibility index (Phi) is 5.44. The van der Waals surface area contributed by atoms with Crippen molar-refractivity contribution in [3.63, 3.8) is 0 Å². The third-order valence-electron chi connectivity index (χ3n) is 3.75. The summed E-state index contributed by atoms with van der Waals surface area (Å²) in [6.45, 7) is 7.53. The number of hydrogen-bond donors (Lipinski definition) is 1. The maximum atomic E-state index is 12.0. The zero-order valence-electron chi connectivity index (χ0n) is 12.2. The lowest BCUT2D eigenvalue weighted by atomic mass is 9.92. The second kappa shape index (κ2) is 7.09. The van der Waals surface area contributed by atoms with Gasteiger partial charge in [0.25, 0.3) is 0 Å². The van der Waals surface area contributed by atoms with Crippen LogP contribution in [0.1, 0.15) is 25.8 Å². The number of benzene rings is 1. The lowest BCUT2D eigenvalue weighted by Gasteiger charge is -2.34. The molecule has 0 radical (unpaired) electrons. The minimum absolute atomic E-state index is 0.0752. The average molecular weight is 295 g/mol. The highest BCUT2D eigenvalue weighted by Crippen LogP contribution is 2.20. The van der Waals surface area contributed by atoms with E-state index in [4.69, 9.17) is 11.6 Å². The largest absolute Gasteiger partial charge is 0.351 e. The van der Waals surface area contributed by atoms with Crippen molar-refractivity contribution in [3.05, 3.63) is 34.9 Å². The number of halogens is 1. The van der Waals surface area contributed by atoms with Crippen LogP contribution in [0.3, 0.4) is 0 Å². The van der Waals surface area contributed by atoms with E-state index in [0.717, 1.165) is 18.7 Å². The Hall–Kier alpha value is -1.06. The fraction of sp³-hybridized carbons (Fsp3) is 0.562. The Labute approximate surface area is 126 Å². The monoisotopic (exact) mass is 294 g/mol. The van der Waals surface area contributed by atoms with Crippen molar-refractivity contribution in [1.29, 1.82) is 0 Å². The first-order valence-electron chi connectivity index (χ1n) is 7.27. The summed E-state index contributed by atoms with van der Waals surface area (Å²) in [6, 6.07) is 7.61. The zero-order chi connectivity index (χ0) is 14.5. The second-order valence-corrected chi connectivity index (χ2v) is 6.42. The normalized spacial score (nSPS) is 23.6. The molecule has 2 rings (SSSR count). The van der Waals surface area contributed by atoms with Gasteiger partial charge >= 0.3 is 0 Å². The molecule has 2 atom stereocenters. The first-order chi connectivity index (χ1) is 9.54. The van der Waals surface area contributed by atoms with E-state index < -0.39 is 0 Å². The zero-order valence-corrected chi connectivity index (χ0v) is 13.0. The highest BCUT2D eigenvalue weighted by Gasteiger charge is 2.23. The SMILES string of the molecule is CC1CC(C)CN(CC(=O)NCc2ccccc2Cl)C1. The molecule has 2 unspecified atom stereocenters. The van der Waals surface area contributed by atoms with Crippen molar-refractivity contribution < 1.29 is 4.79 Å². The number of likely N-dealkylation sites (tertiary alicyclic amines) is 1. The van der Waals surface area contributed by atoms with Crippen molar-refractivity contribution in [1.82, 2.24) is 10.2 Å². The van der Waals surface area contributed by atoms with Crippen LogP contribution < -0.4 is 5.32 Å². The highest BCUT2D eigenvalue weighted by atomic mass is 35.5. The summed E-state index contributed by atoms with van der Waals surface area (Å²) >= 11 is 6.08. The molecule has 1 aliphatic heterocycles. The van der Waals surface area contributed by atoms with Crippen LogP contribution in [0.5, 0.6) is 0 Å². The minimum Gasteiger partial charge on any atom is -0.351 e. The maximum Gasteiger partial charge on any atom is 0.234 e. The quantitative estimate of drug-likeness (QED) is 0.926. The van der Waals surface area contributed by atoms with Gasteiger partial charge in [0.15, 0.2) is 0 Å². The molecule has 1 aromatic rings. The molecule has 1 saturated heterocycles. The first kappa shape index (κ1) is 15.3. The maximum absolute atomic E-state index is 12.0. The summed E-state index contributed by atoms with van der Waals surface area (Å²) in [5.41, 5.74) is 0.961. The number of carbonyl (C=O) groups is 1. The van der Waals surface area contributed by atoms with E-state index in [1.807, 2.05) is 24.3 Å². The number of rotatable bonds is 4. The van der Waals surface area contributed by atoms with Crippen molar-refractivity contribution in [3.8, 4) is 0 Å². The van der Waals surface area contributed by atoms with Crippen LogP contribution >= 0.6 is 11.6 Å². The van der Waals surface area contributed by atoms with Gasteiger partial charge in [-0.3, -0.25) is 9.69 Å². The van der Waals surface area contributed by atoms with Gasteiger partial charge in [-0.25, -0.2) is 0 Å². The predicted octanol–water partition coefficient (Wildman–Crippen LogP) is 2.93. The van der Waals surface area contributed by atoms with Crippen LogP contribution in [0.2, 0.25) is 5.02 Å². The Balaban J connectivity index is 1.79. The lowest BCUT2D eigenvalue weighted by Crippen LogP contribution is -2.44. The second-order valence-electron chi connectivity index (χ2n) is 6.01. The number of amides is 1. The molecule has 1 aliphatic rings. The van der Waals surface area contributed by atoms with E-state index in [2.05, 4.69) is 24.1 Å². The molecule has 0 saturated carbocycles. The van der Waals surface area contributed by atoms with E-state index in [-0.39, 0.29) is 5.91 Å². The highest BCUT2D eigenvalue weighted by molar-refractivity contribution is 6.31. The van der Waals surface area contributed by atoms with Gasteiger partial charge in [0, 0.05) is 24.7 Å². The van der Waals surface area contributed by atoms with Crippen LogP contribution in [0.25, 0.3) is 0 Å². The fourth-order valence-corrected chi connectivity index (χ4v) is 3.22. The predicted molar refractivity (Wildman–Crippen MR) is 82.7 cm³/mol. The molecule has 0 bridgehead atoms. The summed E-state index contributed by atoms with van der Waals surface area (Å²) in [4.78, 5) is 14.3. The number of nitrogens with zero attached hydrogens (tertiary/aromatic N) is 1. The summed E-state index contributed by atoms with van der Waals surface area (Å²) in [5, 5.41) is 3.65. The fourth-order valence-electron chi connectivity index (χ4n) is 3.02. The number of nitrogens with one attached hydrogen (secondary N) is 1. The Morgan fingerprint density at radius 3 is 2.60 bits per heavy atom. The van der Waals surface area contributed by atoms with Gasteiger partial charge in [-0.1, -0.05) is 43.6 Å². The van der Waals surface area contributed by atoms with Crippen molar-refractivity contribution >= 4 is 17.5 Å². The summed E-state index contributed by atoms with van der Waals surface area (Å²) in [7, 11) is 0. The van der Waals surface area contributed by atoms with Crippen molar-refractivity contribution in [2.45, 2.75) is 26.8 Å². The molecular weight excluding hydrogens is 272 g/mol. The first-order valence-corrected chi connectivity index (χ1v) is 7.65. The summed E-state index contributed by atoms with van der Waals surface area (Å²) in [5.74, 6) is 1.43. The molecule has 4 heteroatoms. The van der Waals surface area contributed by atoms with Gasteiger partial charge in [0.1, 0.15) is 0 Å². The molecule has 1 heterocycles. The summed E-state index contributed by atoms with van der Waals surface area (Å²) < 4.78 is 0. The molecule has 1 N–H and O–H groups in total. The molecule has 1 aromatic carbocycles. The lowest BCUT2D eigenvalue weighted by molar-refractivity contribution is -0.123. The van der Waals surface area contributed by atoms with Gasteiger partial charge in [-0.2, -0.15) is 0 Å². The molecule has 3 nitrogen and oxygen atoms in total. The molecule has 110 valence electrons. The van der Waals surface area contributed by atoms with Crippen LogP contribution in [-0.2, 0) is 11.3 Å². The Morgan fingerprint density at radius 1 is 1.30 bits per heavy atom. The Bertz CT molecular complexity index is 454. The molecule has 0 aliphatic carbocycles. The van der Waals surface area contributed by atoms with E-state index in [1.165, 1.54) is 6.42 Å². The molecule has 1 fully saturated rings. The molecule has 20 heavy (non-hydrogen) atoms. The van der Waals surface area contributed by atoms with Crippen LogP contribution in [0.15, 0.2) is 24.3 Å². The molecule has 1 amide bonds. The van der Waals surface area contributed by atoms with E-state index in [1.54, 1.807) is 0 Å². The topological polar surface area (TPSA) is 32.3 Å². The summed E-state index contributed by atoms with van der Waals surface area (Å²) in [6.07, 6.45) is 1.26. The van der Waals surface area contributed by atoms with E-state index in [9.17, 15) is 4.79 Å². The number of carbonyl (C=O) groups excluding carboxylic acids is 1. The molecular formula is C16H23ClN2O. The van der Waals surface area contributed by atoms with Crippen molar-refractivity contribution in [2.75, 3.05) is 19.6 Å². The van der Waals surface area contributed by atoms with Gasteiger partial charge in [-0.05, 0) is 29.9 Å². The van der Waals surface area contributed by atoms with Gasteiger partial charge < -0.3 is 5.32 Å². The third kappa shape index (κ3) is 4.50. The smallest absolute Gasteiger partial charge is 0.234 e. The molecule has 0 spiro atoms. The molecule has 0 aromatic heterocycles. The number of piperidine rings is 1. The van der Waals surface area contributed by atoms with Gasteiger partial charge in [-0.15, -0.1) is 0 Å². The van der Waals surface area contributed by atoms with E-state index in [0.29, 0.717) is 29.9 Å².